The Morgan fingerprint density at radius 2 is 2.05 bits per heavy atom. The molecule has 20 heavy (non-hydrogen) atoms. The standard InChI is InChI=1S/C13H21FN2O3S/c1-3-6-19-7-4-5-16-20(17,18)11-8-10(2)13(14)12(15)9-11/h8-9,16H,3-7,15H2,1-2H3. The molecule has 0 amide bonds. The largest absolute Gasteiger partial charge is 0.396 e. The Morgan fingerprint density at radius 3 is 2.65 bits per heavy atom. The first kappa shape index (κ1) is 16.9. The zero-order valence-electron chi connectivity index (χ0n) is 11.8. The number of benzene rings is 1. The Labute approximate surface area is 119 Å². The van der Waals surface area contributed by atoms with Crippen LogP contribution in [0.15, 0.2) is 17.0 Å². The van der Waals surface area contributed by atoms with Crippen LogP contribution >= 0.6 is 0 Å². The van der Waals surface area contributed by atoms with E-state index in [9.17, 15) is 12.8 Å². The molecule has 0 saturated carbocycles. The highest BCUT2D eigenvalue weighted by atomic mass is 32.2. The third kappa shape index (κ3) is 4.73. The van der Waals surface area contributed by atoms with Crippen LogP contribution in [0.1, 0.15) is 25.3 Å². The molecule has 0 unspecified atom stereocenters. The molecule has 1 aromatic rings. The number of ether oxygens (including phenoxy) is 1. The Balaban J connectivity index is 2.61. The van der Waals surface area contributed by atoms with Gasteiger partial charge in [0, 0.05) is 19.8 Å². The molecule has 0 atom stereocenters. The first-order valence-corrected chi connectivity index (χ1v) is 8.00. The average Bonchev–Trinajstić information content (AvgIpc) is 2.39. The van der Waals surface area contributed by atoms with Crippen molar-refractivity contribution in [2.75, 3.05) is 25.5 Å². The van der Waals surface area contributed by atoms with Crippen molar-refractivity contribution < 1.29 is 17.5 Å². The topological polar surface area (TPSA) is 81.4 Å². The molecule has 3 N–H and O–H groups in total. The van der Waals surface area contributed by atoms with Gasteiger partial charge in [-0.3, -0.25) is 0 Å². The molecule has 1 aromatic carbocycles. The van der Waals surface area contributed by atoms with Crippen LogP contribution in [-0.4, -0.2) is 28.2 Å². The molecule has 0 radical (unpaired) electrons. The van der Waals surface area contributed by atoms with Crippen LogP contribution < -0.4 is 10.5 Å². The molecule has 114 valence electrons. The highest BCUT2D eigenvalue weighted by molar-refractivity contribution is 7.89. The second-order valence-corrected chi connectivity index (χ2v) is 6.27. The molecule has 0 spiro atoms. The summed E-state index contributed by atoms with van der Waals surface area (Å²) in [5.41, 5.74) is 5.48. The predicted molar refractivity (Wildman–Crippen MR) is 76.5 cm³/mol. The Bertz CT molecular complexity index is 524. The van der Waals surface area contributed by atoms with E-state index in [-0.39, 0.29) is 22.7 Å². The Morgan fingerprint density at radius 1 is 1.35 bits per heavy atom. The maximum Gasteiger partial charge on any atom is 0.240 e. The minimum atomic E-state index is -3.67. The normalized spacial score (nSPS) is 11.8. The van der Waals surface area contributed by atoms with E-state index in [1.807, 2.05) is 6.92 Å². The molecule has 5 nitrogen and oxygen atoms in total. The van der Waals surface area contributed by atoms with Crippen LogP contribution in [0.5, 0.6) is 0 Å². The molecule has 0 aliphatic heterocycles. The highest BCUT2D eigenvalue weighted by Gasteiger charge is 2.16. The van der Waals surface area contributed by atoms with Crippen LogP contribution in [0, 0.1) is 12.7 Å². The number of halogens is 1. The summed E-state index contributed by atoms with van der Waals surface area (Å²) in [5.74, 6) is -0.586. The number of nitrogen functional groups attached to an aromatic ring is 1. The minimum Gasteiger partial charge on any atom is -0.396 e. The molecule has 0 heterocycles. The summed E-state index contributed by atoms with van der Waals surface area (Å²) in [5, 5.41) is 0. The monoisotopic (exact) mass is 304 g/mol. The van der Waals surface area contributed by atoms with Crippen LogP contribution in [-0.2, 0) is 14.8 Å². The molecule has 0 fully saturated rings. The van der Waals surface area contributed by atoms with Gasteiger partial charge in [0.1, 0.15) is 5.82 Å². The summed E-state index contributed by atoms with van der Waals surface area (Å²) in [6, 6.07) is 2.39. The number of aryl methyl sites for hydroxylation is 1. The maximum absolute atomic E-state index is 13.4. The summed E-state index contributed by atoms with van der Waals surface area (Å²) >= 11 is 0. The van der Waals surface area contributed by atoms with Gasteiger partial charge >= 0.3 is 0 Å². The first-order valence-electron chi connectivity index (χ1n) is 6.51. The number of sulfonamides is 1. The third-order valence-electron chi connectivity index (χ3n) is 2.67. The molecule has 7 heteroatoms. The molecule has 0 aromatic heterocycles. The first-order chi connectivity index (χ1) is 9.38. The lowest BCUT2D eigenvalue weighted by Gasteiger charge is -2.09. The zero-order valence-corrected chi connectivity index (χ0v) is 12.6. The van der Waals surface area contributed by atoms with Crippen molar-refractivity contribution in [1.29, 1.82) is 0 Å². The summed E-state index contributed by atoms with van der Waals surface area (Å²) in [7, 11) is -3.67. The Kier molecular flexibility index (Phi) is 6.38. The number of hydrogen-bond acceptors (Lipinski definition) is 4. The van der Waals surface area contributed by atoms with Gasteiger partial charge in [0.25, 0.3) is 0 Å². The van der Waals surface area contributed by atoms with Crippen molar-refractivity contribution in [2.45, 2.75) is 31.6 Å². The van der Waals surface area contributed by atoms with Gasteiger partial charge < -0.3 is 10.5 Å². The van der Waals surface area contributed by atoms with Crippen molar-refractivity contribution in [2.24, 2.45) is 0 Å². The quantitative estimate of drug-likeness (QED) is 0.567. The van der Waals surface area contributed by atoms with Crippen LogP contribution in [0.3, 0.4) is 0 Å². The summed E-state index contributed by atoms with van der Waals surface area (Å²) in [6.07, 6.45) is 1.51. The maximum atomic E-state index is 13.4. The average molecular weight is 304 g/mol. The molecule has 0 aliphatic carbocycles. The van der Waals surface area contributed by atoms with Crippen molar-refractivity contribution in [3.8, 4) is 0 Å². The SMILES string of the molecule is CCCOCCCNS(=O)(=O)c1cc(C)c(F)c(N)c1. The van der Waals surface area contributed by atoms with E-state index in [1.54, 1.807) is 0 Å². The van der Waals surface area contributed by atoms with Gasteiger partial charge in [-0.1, -0.05) is 6.92 Å². The van der Waals surface area contributed by atoms with Gasteiger partial charge in [0.05, 0.1) is 10.6 Å². The molecule has 0 aliphatic rings. The van der Waals surface area contributed by atoms with Gasteiger partial charge in [-0.15, -0.1) is 0 Å². The molecular formula is C13H21FN2O3S. The van der Waals surface area contributed by atoms with Gasteiger partial charge in [-0.05, 0) is 37.5 Å². The van der Waals surface area contributed by atoms with Gasteiger partial charge in [-0.25, -0.2) is 17.5 Å². The minimum absolute atomic E-state index is 0.0247. The molecule has 1 rings (SSSR count). The van der Waals surface area contributed by atoms with Crippen molar-refractivity contribution in [3.63, 3.8) is 0 Å². The fourth-order valence-electron chi connectivity index (χ4n) is 1.63. The van der Waals surface area contributed by atoms with Crippen LogP contribution in [0.25, 0.3) is 0 Å². The second-order valence-electron chi connectivity index (χ2n) is 4.51. The van der Waals surface area contributed by atoms with Crippen molar-refractivity contribution in [1.82, 2.24) is 4.72 Å². The molecule has 0 bridgehead atoms. The fourth-order valence-corrected chi connectivity index (χ4v) is 2.82. The van der Waals surface area contributed by atoms with E-state index in [0.29, 0.717) is 19.6 Å². The van der Waals surface area contributed by atoms with Crippen molar-refractivity contribution >= 4 is 15.7 Å². The number of anilines is 1. The highest BCUT2D eigenvalue weighted by Crippen LogP contribution is 2.20. The van der Waals surface area contributed by atoms with E-state index in [0.717, 1.165) is 12.5 Å². The lowest BCUT2D eigenvalue weighted by atomic mass is 10.2. The van der Waals surface area contributed by atoms with Gasteiger partial charge in [-0.2, -0.15) is 0 Å². The third-order valence-corrected chi connectivity index (χ3v) is 4.11. The summed E-state index contributed by atoms with van der Waals surface area (Å²) in [4.78, 5) is -0.0247. The number of rotatable bonds is 8. The smallest absolute Gasteiger partial charge is 0.240 e. The van der Waals surface area contributed by atoms with E-state index < -0.39 is 15.8 Å². The number of nitrogens with one attached hydrogen (secondary N) is 1. The van der Waals surface area contributed by atoms with Crippen LogP contribution in [0.2, 0.25) is 0 Å². The van der Waals surface area contributed by atoms with E-state index in [4.69, 9.17) is 10.5 Å². The number of nitrogens with two attached hydrogens (primary N) is 1. The second kappa shape index (κ2) is 7.56. The Hall–Kier alpha value is -1.18. The molecule has 0 saturated heterocycles. The van der Waals surface area contributed by atoms with Gasteiger partial charge in [0.15, 0.2) is 0 Å². The fraction of sp³-hybridized carbons (Fsp3) is 0.538. The van der Waals surface area contributed by atoms with Gasteiger partial charge in [0.2, 0.25) is 10.0 Å². The predicted octanol–water partition coefficient (Wildman–Crippen LogP) is 1.81. The number of hydrogen-bond donors (Lipinski definition) is 2. The lowest BCUT2D eigenvalue weighted by Crippen LogP contribution is -2.26. The summed E-state index contributed by atoms with van der Waals surface area (Å²) < 4.78 is 45.1. The lowest BCUT2D eigenvalue weighted by molar-refractivity contribution is 0.133. The molecular weight excluding hydrogens is 283 g/mol. The zero-order chi connectivity index (χ0) is 15.2. The van der Waals surface area contributed by atoms with Crippen LogP contribution in [0.4, 0.5) is 10.1 Å². The summed E-state index contributed by atoms with van der Waals surface area (Å²) in [6.45, 7) is 4.91. The van der Waals surface area contributed by atoms with Crippen molar-refractivity contribution in [3.05, 3.63) is 23.5 Å². The van der Waals surface area contributed by atoms with E-state index in [1.165, 1.54) is 13.0 Å². The van der Waals surface area contributed by atoms with E-state index in [2.05, 4.69) is 4.72 Å². The van der Waals surface area contributed by atoms with E-state index >= 15 is 0 Å².